The smallest absolute Gasteiger partial charge is 0.133 e. The fourth-order valence-corrected chi connectivity index (χ4v) is 2.38. The van der Waals surface area contributed by atoms with Gasteiger partial charge in [-0.2, -0.15) is 0 Å². The molecule has 0 aliphatic heterocycles. The van der Waals surface area contributed by atoms with Crippen LogP contribution in [0.25, 0.3) is 0 Å². The molecular formula is C11H9N2O3S-. The molecule has 0 bridgehead atoms. The Morgan fingerprint density at radius 1 is 0.941 bits per heavy atom. The first-order valence-corrected chi connectivity index (χ1v) is 6.33. The summed E-state index contributed by atoms with van der Waals surface area (Å²) in [5.74, 6) is 0. The summed E-state index contributed by atoms with van der Waals surface area (Å²) in [6.45, 7) is 0. The topological polar surface area (TPSA) is 83.0 Å². The molecule has 88 valence electrons. The second-order valence-corrected chi connectivity index (χ2v) is 4.84. The molecule has 2 rings (SSSR count). The van der Waals surface area contributed by atoms with E-state index in [0.29, 0.717) is 0 Å². The van der Waals surface area contributed by atoms with Crippen LogP contribution in [0.4, 0.5) is 0 Å². The van der Waals surface area contributed by atoms with Gasteiger partial charge in [0.25, 0.3) is 0 Å². The molecule has 0 aliphatic rings. The summed E-state index contributed by atoms with van der Waals surface area (Å²) in [6, 6.07) is 9.54. The van der Waals surface area contributed by atoms with E-state index in [2.05, 4.69) is 9.97 Å². The standard InChI is InChI=1S/C11H10N2O3S/c14-17(15,16)11(9-5-1-3-7-12-9)10-6-2-4-8-13-10/h1-8,11H,(H,14,15,16)/p-1. The van der Waals surface area contributed by atoms with E-state index in [-0.39, 0.29) is 11.4 Å². The normalized spacial score (nSPS) is 11.6. The molecule has 2 aromatic heterocycles. The minimum atomic E-state index is -4.55. The van der Waals surface area contributed by atoms with Crippen LogP contribution in [0.15, 0.2) is 48.8 Å². The molecule has 0 aromatic carbocycles. The van der Waals surface area contributed by atoms with Crippen molar-refractivity contribution in [3.8, 4) is 0 Å². The van der Waals surface area contributed by atoms with Crippen molar-refractivity contribution in [2.45, 2.75) is 5.25 Å². The minimum absolute atomic E-state index is 0.182. The van der Waals surface area contributed by atoms with Gasteiger partial charge >= 0.3 is 0 Å². The molecule has 0 saturated carbocycles. The predicted octanol–water partition coefficient (Wildman–Crippen LogP) is 1.11. The van der Waals surface area contributed by atoms with Crippen LogP contribution >= 0.6 is 0 Å². The van der Waals surface area contributed by atoms with Gasteiger partial charge in [0.2, 0.25) is 0 Å². The SMILES string of the molecule is O=S(=O)([O-])C(c1ccccn1)c1ccccn1. The van der Waals surface area contributed by atoms with Gasteiger partial charge < -0.3 is 4.55 Å². The molecule has 0 aliphatic carbocycles. The Morgan fingerprint density at radius 3 is 1.71 bits per heavy atom. The van der Waals surface area contributed by atoms with Crippen molar-refractivity contribution in [3.63, 3.8) is 0 Å². The minimum Gasteiger partial charge on any atom is -0.747 e. The Bertz CT molecular complexity index is 545. The zero-order chi connectivity index (χ0) is 12.3. The van der Waals surface area contributed by atoms with Crippen molar-refractivity contribution in [2.24, 2.45) is 0 Å². The van der Waals surface area contributed by atoms with Crippen LogP contribution in [-0.4, -0.2) is 22.9 Å². The summed E-state index contributed by atoms with van der Waals surface area (Å²) in [5, 5.41) is -1.36. The van der Waals surface area contributed by atoms with Gasteiger partial charge in [0, 0.05) is 12.4 Å². The highest BCUT2D eigenvalue weighted by Crippen LogP contribution is 2.25. The molecule has 0 saturated heterocycles. The van der Waals surface area contributed by atoms with Gasteiger partial charge in [0.1, 0.15) is 15.4 Å². The second kappa shape index (κ2) is 4.60. The first-order valence-electron chi connectivity index (χ1n) is 4.85. The molecule has 0 radical (unpaired) electrons. The average Bonchev–Trinajstić information content (AvgIpc) is 2.30. The number of rotatable bonds is 3. The first kappa shape index (κ1) is 11.7. The lowest BCUT2D eigenvalue weighted by molar-refractivity contribution is 0.453. The van der Waals surface area contributed by atoms with Crippen LogP contribution in [-0.2, 0) is 10.1 Å². The fraction of sp³-hybridized carbons (Fsp3) is 0.0909. The summed E-state index contributed by atoms with van der Waals surface area (Å²) in [5.41, 5.74) is 0.363. The van der Waals surface area contributed by atoms with E-state index in [1.54, 1.807) is 24.3 Å². The van der Waals surface area contributed by atoms with Gasteiger partial charge in [0.05, 0.1) is 11.4 Å². The predicted molar refractivity (Wildman–Crippen MR) is 60.0 cm³/mol. The third-order valence-electron chi connectivity index (χ3n) is 2.20. The van der Waals surface area contributed by atoms with Crippen LogP contribution in [0.3, 0.4) is 0 Å². The molecule has 5 nitrogen and oxygen atoms in total. The zero-order valence-corrected chi connectivity index (χ0v) is 9.54. The van der Waals surface area contributed by atoms with Crippen LogP contribution in [0.5, 0.6) is 0 Å². The molecule has 17 heavy (non-hydrogen) atoms. The van der Waals surface area contributed by atoms with Gasteiger partial charge in [-0.15, -0.1) is 0 Å². The van der Waals surface area contributed by atoms with Gasteiger partial charge in [0.15, 0.2) is 0 Å². The Labute approximate surface area is 98.9 Å². The van der Waals surface area contributed by atoms with Crippen molar-refractivity contribution in [3.05, 3.63) is 60.2 Å². The largest absolute Gasteiger partial charge is 0.747 e. The Balaban J connectivity index is 2.56. The van der Waals surface area contributed by atoms with Crippen LogP contribution in [0.1, 0.15) is 16.6 Å². The molecule has 0 N–H and O–H groups in total. The van der Waals surface area contributed by atoms with E-state index in [1.807, 2.05) is 0 Å². The van der Waals surface area contributed by atoms with E-state index >= 15 is 0 Å². The average molecular weight is 249 g/mol. The van der Waals surface area contributed by atoms with Crippen molar-refractivity contribution < 1.29 is 13.0 Å². The zero-order valence-electron chi connectivity index (χ0n) is 8.72. The molecule has 2 heterocycles. The van der Waals surface area contributed by atoms with Gasteiger partial charge in [-0.05, 0) is 24.3 Å². The molecule has 0 atom stereocenters. The number of hydrogen-bond donors (Lipinski definition) is 0. The maximum absolute atomic E-state index is 11.3. The molecule has 0 spiro atoms. The second-order valence-electron chi connectivity index (χ2n) is 3.38. The van der Waals surface area contributed by atoms with Gasteiger partial charge in [-0.3, -0.25) is 9.97 Å². The summed E-state index contributed by atoms with van der Waals surface area (Å²) in [4.78, 5) is 7.81. The lowest BCUT2D eigenvalue weighted by Crippen LogP contribution is -2.16. The van der Waals surface area contributed by atoms with Crippen LogP contribution in [0.2, 0.25) is 0 Å². The maximum atomic E-state index is 11.3. The molecule has 0 amide bonds. The molecule has 6 heteroatoms. The highest BCUT2D eigenvalue weighted by molar-refractivity contribution is 7.86. The van der Waals surface area contributed by atoms with Crippen molar-refractivity contribution in [2.75, 3.05) is 0 Å². The number of hydrogen-bond acceptors (Lipinski definition) is 5. The van der Waals surface area contributed by atoms with Crippen molar-refractivity contribution in [1.82, 2.24) is 9.97 Å². The molecule has 0 unspecified atom stereocenters. The lowest BCUT2D eigenvalue weighted by Gasteiger charge is -2.19. The van der Waals surface area contributed by atoms with Gasteiger partial charge in [-0.1, -0.05) is 12.1 Å². The Kier molecular flexibility index (Phi) is 3.16. The summed E-state index contributed by atoms with van der Waals surface area (Å²) in [6.07, 6.45) is 2.88. The summed E-state index contributed by atoms with van der Waals surface area (Å²) < 4.78 is 33.9. The summed E-state index contributed by atoms with van der Waals surface area (Å²) in [7, 11) is -4.55. The quantitative estimate of drug-likeness (QED) is 0.761. The fourth-order valence-electron chi connectivity index (χ4n) is 1.51. The van der Waals surface area contributed by atoms with E-state index in [9.17, 15) is 13.0 Å². The van der Waals surface area contributed by atoms with E-state index in [0.717, 1.165) is 0 Å². The van der Waals surface area contributed by atoms with E-state index in [4.69, 9.17) is 0 Å². The number of pyridine rings is 2. The van der Waals surface area contributed by atoms with Crippen molar-refractivity contribution >= 4 is 10.1 Å². The monoisotopic (exact) mass is 249 g/mol. The third kappa shape index (κ3) is 2.66. The van der Waals surface area contributed by atoms with Gasteiger partial charge in [-0.25, -0.2) is 8.42 Å². The molecule has 0 fully saturated rings. The first-order chi connectivity index (χ1) is 8.09. The highest BCUT2D eigenvalue weighted by atomic mass is 32.2. The highest BCUT2D eigenvalue weighted by Gasteiger charge is 2.23. The van der Waals surface area contributed by atoms with Crippen molar-refractivity contribution in [1.29, 1.82) is 0 Å². The van der Waals surface area contributed by atoms with E-state index < -0.39 is 15.4 Å². The summed E-state index contributed by atoms with van der Waals surface area (Å²) >= 11 is 0. The maximum Gasteiger partial charge on any atom is 0.133 e. The van der Waals surface area contributed by atoms with Crippen LogP contribution in [0, 0.1) is 0 Å². The van der Waals surface area contributed by atoms with E-state index in [1.165, 1.54) is 24.5 Å². The Hall–Kier alpha value is -1.79. The molecular weight excluding hydrogens is 240 g/mol. The number of aromatic nitrogens is 2. The van der Waals surface area contributed by atoms with Crippen LogP contribution < -0.4 is 0 Å². The molecule has 2 aromatic rings. The third-order valence-corrected chi connectivity index (χ3v) is 3.26. The lowest BCUT2D eigenvalue weighted by atomic mass is 10.2. The Morgan fingerprint density at radius 2 is 1.41 bits per heavy atom. The number of nitrogens with zero attached hydrogens (tertiary/aromatic N) is 2.